The number of ether oxygens (including phenoxy) is 2. The zero-order chi connectivity index (χ0) is 15.4. The topological polar surface area (TPSA) is 49.2 Å². The summed E-state index contributed by atoms with van der Waals surface area (Å²) < 4.78 is 13.1. The molecule has 0 unspecified atom stereocenters. The van der Waals surface area contributed by atoms with E-state index in [-0.39, 0.29) is 6.79 Å². The van der Waals surface area contributed by atoms with Gasteiger partial charge in [-0.1, -0.05) is 6.07 Å². The fourth-order valence-electron chi connectivity index (χ4n) is 3.23. The average molecular weight is 303 g/mol. The summed E-state index contributed by atoms with van der Waals surface area (Å²) in [7, 11) is 2.05. The van der Waals surface area contributed by atoms with Crippen LogP contribution in [-0.4, -0.2) is 21.3 Å². The van der Waals surface area contributed by atoms with Crippen molar-refractivity contribution in [2.24, 2.45) is 7.05 Å². The Kier molecular flexibility index (Phi) is 2.42. The Balaban J connectivity index is 1.87. The monoisotopic (exact) mass is 303 g/mol. The summed E-state index contributed by atoms with van der Waals surface area (Å²) >= 11 is 0. The molecule has 5 nitrogen and oxygen atoms in total. The van der Waals surface area contributed by atoms with E-state index in [0.717, 1.165) is 44.4 Å². The molecule has 0 fully saturated rings. The summed E-state index contributed by atoms with van der Waals surface area (Å²) in [6.07, 6.45) is 5.52. The second kappa shape index (κ2) is 4.46. The van der Waals surface area contributed by atoms with Crippen LogP contribution >= 0.6 is 0 Å². The van der Waals surface area contributed by atoms with Crippen molar-refractivity contribution < 1.29 is 9.47 Å². The molecule has 112 valence electrons. The van der Waals surface area contributed by atoms with Gasteiger partial charge in [0.1, 0.15) is 6.33 Å². The van der Waals surface area contributed by atoms with Crippen molar-refractivity contribution in [2.75, 3.05) is 6.79 Å². The zero-order valence-corrected chi connectivity index (χ0v) is 12.5. The van der Waals surface area contributed by atoms with Crippen LogP contribution < -0.4 is 9.47 Å². The lowest BCUT2D eigenvalue weighted by atomic mass is 10.00. The van der Waals surface area contributed by atoms with Crippen molar-refractivity contribution in [3.05, 3.63) is 49.1 Å². The van der Waals surface area contributed by atoms with E-state index >= 15 is 0 Å². The predicted octanol–water partition coefficient (Wildman–Crippen LogP) is 3.52. The van der Waals surface area contributed by atoms with Crippen LogP contribution in [0, 0.1) is 0 Å². The van der Waals surface area contributed by atoms with Gasteiger partial charge in [0.25, 0.3) is 0 Å². The second-order valence-electron chi connectivity index (χ2n) is 5.64. The molecule has 0 radical (unpaired) electrons. The molecule has 0 saturated heterocycles. The Labute approximate surface area is 132 Å². The second-order valence-corrected chi connectivity index (χ2v) is 5.64. The predicted molar refractivity (Wildman–Crippen MR) is 87.6 cm³/mol. The summed E-state index contributed by atoms with van der Waals surface area (Å²) in [5.74, 6) is 1.58. The van der Waals surface area contributed by atoms with Gasteiger partial charge in [-0.25, -0.2) is 9.97 Å². The van der Waals surface area contributed by atoms with Crippen molar-refractivity contribution in [1.29, 1.82) is 0 Å². The molecular weight excluding hydrogens is 290 g/mol. The van der Waals surface area contributed by atoms with Crippen LogP contribution in [0.1, 0.15) is 0 Å². The summed E-state index contributed by atoms with van der Waals surface area (Å²) in [6.45, 7) is 0.281. The van der Waals surface area contributed by atoms with Gasteiger partial charge < -0.3 is 14.0 Å². The van der Waals surface area contributed by atoms with E-state index in [1.54, 1.807) is 6.33 Å². The highest BCUT2D eigenvalue weighted by Crippen LogP contribution is 2.39. The van der Waals surface area contributed by atoms with Crippen molar-refractivity contribution in [3.63, 3.8) is 0 Å². The minimum Gasteiger partial charge on any atom is -0.454 e. The molecular formula is C18H13N3O2. The van der Waals surface area contributed by atoms with Gasteiger partial charge in [0, 0.05) is 35.8 Å². The van der Waals surface area contributed by atoms with Crippen LogP contribution in [0.3, 0.4) is 0 Å². The third kappa shape index (κ3) is 1.73. The molecule has 23 heavy (non-hydrogen) atoms. The smallest absolute Gasteiger partial charge is 0.231 e. The average Bonchev–Trinajstić information content (AvgIpc) is 3.20. The summed E-state index contributed by atoms with van der Waals surface area (Å²) in [5.41, 5.74) is 4.30. The van der Waals surface area contributed by atoms with E-state index in [1.165, 1.54) is 0 Å². The summed E-state index contributed by atoms with van der Waals surface area (Å²) in [5, 5.41) is 2.21. The number of hydrogen-bond donors (Lipinski definition) is 0. The number of hydrogen-bond acceptors (Lipinski definition) is 4. The number of fused-ring (bicyclic) bond motifs is 4. The first-order valence-electron chi connectivity index (χ1n) is 7.39. The van der Waals surface area contributed by atoms with Gasteiger partial charge in [0.05, 0.1) is 11.0 Å². The van der Waals surface area contributed by atoms with Gasteiger partial charge in [-0.3, -0.25) is 0 Å². The van der Waals surface area contributed by atoms with E-state index in [4.69, 9.17) is 9.47 Å². The molecule has 0 aliphatic carbocycles. The number of rotatable bonds is 1. The lowest BCUT2D eigenvalue weighted by Gasteiger charge is -2.10. The molecule has 0 amide bonds. The van der Waals surface area contributed by atoms with Gasteiger partial charge in [-0.05, 0) is 29.8 Å². The van der Waals surface area contributed by atoms with Crippen LogP contribution in [0.25, 0.3) is 32.9 Å². The molecule has 0 N–H and O–H groups in total. The summed E-state index contributed by atoms with van der Waals surface area (Å²) in [6, 6.07) is 10.3. The molecule has 2 aromatic carbocycles. The normalized spacial score (nSPS) is 13.1. The molecule has 3 heterocycles. The third-order valence-corrected chi connectivity index (χ3v) is 4.33. The van der Waals surface area contributed by atoms with Crippen molar-refractivity contribution >= 4 is 21.8 Å². The quantitative estimate of drug-likeness (QED) is 0.540. The van der Waals surface area contributed by atoms with Gasteiger partial charge in [0.15, 0.2) is 11.5 Å². The lowest BCUT2D eigenvalue weighted by Crippen LogP contribution is -1.93. The van der Waals surface area contributed by atoms with Crippen LogP contribution in [0.5, 0.6) is 11.5 Å². The molecule has 1 aliphatic rings. The first-order valence-corrected chi connectivity index (χ1v) is 7.39. The van der Waals surface area contributed by atoms with Gasteiger partial charge in [0.2, 0.25) is 6.79 Å². The maximum Gasteiger partial charge on any atom is 0.231 e. The minimum atomic E-state index is 0.281. The highest BCUT2D eigenvalue weighted by atomic mass is 16.7. The maximum atomic E-state index is 5.52. The zero-order valence-electron chi connectivity index (χ0n) is 12.5. The molecule has 1 aliphatic heterocycles. The van der Waals surface area contributed by atoms with Crippen molar-refractivity contribution in [3.8, 4) is 22.6 Å². The van der Waals surface area contributed by atoms with E-state index < -0.39 is 0 Å². The molecule has 0 saturated carbocycles. The number of nitrogens with zero attached hydrogens (tertiary/aromatic N) is 3. The molecule has 0 bridgehead atoms. The van der Waals surface area contributed by atoms with Crippen molar-refractivity contribution in [2.45, 2.75) is 0 Å². The van der Waals surface area contributed by atoms with Crippen LogP contribution in [0.15, 0.2) is 49.1 Å². The standard InChI is InChI=1S/C18H13N3O2/c1-21-5-4-12-14-8-19-9-20-15(14)7-13(18(12)21)11-2-3-16-17(6-11)23-10-22-16/h2-9H,10H2,1H3. The molecule has 0 spiro atoms. The fourth-order valence-corrected chi connectivity index (χ4v) is 3.23. The number of benzene rings is 2. The van der Waals surface area contributed by atoms with Crippen LogP contribution in [-0.2, 0) is 7.05 Å². The number of aromatic nitrogens is 3. The van der Waals surface area contributed by atoms with Gasteiger partial charge >= 0.3 is 0 Å². The Hall–Kier alpha value is -3.08. The summed E-state index contributed by atoms with van der Waals surface area (Å²) in [4.78, 5) is 8.59. The van der Waals surface area contributed by atoms with Crippen LogP contribution in [0.4, 0.5) is 0 Å². The lowest BCUT2D eigenvalue weighted by molar-refractivity contribution is 0.174. The Bertz CT molecular complexity index is 1070. The SMILES string of the molecule is Cn1ccc2c3cncnc3cc(-c3ccc4c(c3)OCO4)c21. The molecule has 4 aromatic rings. The molecule has 0 atom stereocenters. The van der Waals surface area contributed by atoms with E-state index in [1.807, 2.05) is 18.3 Å². The van der Waals surface area contributed by atoms with Gasteiger partial charge in [-0.2, -0.15) is 0 Å². The molecule has 5 rings (SSSR count). The van der Waals surface area contributed by atoms with Gasteiger partial charge in [-0.15, -0.1) is 0 Å². The highest BCUT2D eigenvalue weighted by Gasteiger charge is 2.17. The third-order valence-electron chi connectivity index (χ3n) is 4.33. The molecule has 5 heteroatoms. The first-order chi connectivity index (χ1) is 11.3. The minimum absolute atomic E-state index is 0.281. The molecule has 2 aromatic heterocycles. The number of aryl methyl sites for hydroxylation is 1. The van der Waals surface area contributed by atoms with E-state index in [0.29, 0.717) is 0 Å². The Morgan fingerprint density at radius 2 is 1.96 bits per heavy atom. The fraction of sp³-hybridized carbons (Fsp3) is 0.111. The van der Waals surface area contributed by atoms with E-state index in [9.17, 15) is 0 Å². The maximum absolute atomic E-state index is 5.52. The highest BCUT2D eigenvalue weighted by molar-refractivity contribution is 6.11. The van der Waals surface area contributed by atoms with Crippen LogP contribution in [0.2, 0.25) is 0 Å². The Morgan fingerprint density at radius 1 is 1.04 bits per heavy atom. The Morgan fingerprint density at radius 3 is 2.91 bits per heavy atom. The largest absolute Gasteiger partial charge is 0.454 e. The first kappa shape index (κ1) is 12.5. The van der Waals surface area contributed by atoms with E-state index in [2.05, 4.69) is 46.0 Å². The van der Waals surface area contributed by atoms with Crippen molar-refractivity contribution in [1.82, 2.24) is 14.5 Å².